The zero-order valence-corrected chi connectivity index (χ0v) is 17.1. The number of carbonyl (C=O) groups excluding carboxylic acids is 3. The van der Waals surface area contributed by atoms with Gasteiger partial charge in [-0.25, -0.2) is 4.79 Å². The van der Waals surface area contributed by atoms with Gasteiger partial charge in [-0.15, -0.1) is 0 Å². The third kappa shape index (κ3) is 4.09. The second kappa shape index (κ2) is 7.99. The molecular weight excluding hydrogens is 382 g/mol. The van der Waals surface area contributed by atoms with Gasteiger partial charge < -0.3 is 15.0 Å². The molecule has 2 fully saturated rings. The quantitative estimate of drug-likeness (QED) is 0.734. The third-order valence-corrected chi connectivity index (χ3v) is 5.93. The van der Waals surface area contributed by atoms with Gasteiger partial charge in [-0.1, -0.05) is 24.6 Å². The van der Waals surface area contributed by atoms with Gasteiger partial charge in [0.2, 0.25) is 5.91 Å². The number of methoxy groups -OCH3 is 1. The minimum absolute atomic E-state index is 0.0108. The second-order valence-electron chi connectivity index (χ2n) is 7.83. The Morgan fingerprint density at radius 3 is 2.61 bits per heavy atom. The molecule has 0 radical (unpaired) electrons. The topological polar surface area (TPSA) is 87.7 Å². The Morgan fingerprint density at radius 1 is 1.36 bits per heavy atom. The summed E-state index contributed by atoms with van der Waals surface area (Å²) in [6.07, 6.45) is 1.95. The average molecular weight is 408 g/mol. The van der Waals surface area contributed by atoms with E-state index in [4.69, 9.17) is 16.3 Å². The monoisotopic (exact) mass is 407 g/mol. The number of carbonyl (C=O) groups is 3. The van der Waals surface area contributed by atoms with E-state index in [1.54, 1.807) is 21.0 Å². The molecule has 2 atom stereocenters. The maximum atomic E-state index is 12.9. The van der Waals surface area contributed by atoms with Gasteiger partial charge in [0, 0.05) is 24.0 Å². The lowest BCUT2D eigenvalue weighted by Crippen LogP contribution is -2.48. The molecule has 2 saturated heterocycles. The summed E-state index contributed by atoms with van der Waals surface area (Å²) in [6, 6.07) is 5.16. The number of amides is 4. The highest BCUT2D eigenvalue weighted by molar-refractivity contribution is 6.30. The first-order valence-corrected chi connectivity index (χ1v) is 9.87. The Kier molecular flexibility index (Phi) is 5.84. The molecule has 1 aromatic rings. The first-order chi connectivity index (χ1) is 13.2. The van der Waals surface area contributed by atoms with Crippen LogP contribution >= 0.6 is 11.6 Å². The van der Waals surface area contributed by atoms with E-state index in [-0.39, 0.29) is 24.2 Å². The zero-order valence-electron chi connectivity index (χ0n) is 16.4. The highest BCUT2D eigenvalue weighted by Gasteiger charge is 2.44. The van der Waals surface area contributed by atoms with E-state index in [1.165, 1.54) is 0 Å². The van der Waals surface area contributed by atoms with Gasteiger partial charge in [-0.3, -0.25) is 14.9 Å². The molecule has 8 heteroatoms. The minimum atomic E-state index is -1.04. The third-order valence-electron chi connectivity index (χ3n) is 5.70. The van der Waals surface area contributed by atoms with Gasteiger partial charge in [-0.05, 0) is 49.8 Å². The van der Waals surface area contributed by atoms with Crippen LogP contribution < -0.4 is 15.4 Å². The van der Waals surface area contributed by atoms with Crippen LogP contribution in [0.2, 0.25) is 5.02 Å². The molecule has 2 aliphatic rings. The summed E-state index contributed by atoms with van der Waals surface area (Å²) in [7, 11) is 1.63. The SMILES string of the molecule is COc1cc(Cl)ccc1C1CCN(C(=O)[C@@H](C)C[C@@]2(C)NC(=O)NC2=O)CC1. The van der Waals surface area contributed by atoms with Crippen LogP contribution in [-0.4, -0.2) is 48.5 Å². The summed E-state index contributed by atoms with van der Waals surface area (Å²) >= 11 is 6.05. The largest absolute Gasteiger partial charge is 0.496 e. The Labute approximate surface area is 169 Å². The van der Waals surface area contributed by atoms with Crippen LogP contribution in [0.25, 0.3) is 0 Å². The van der Waals surface area contributed by atoms with E-state index in [2.05, 4.69) is 10.6 Å². The smallest absolute Gasteiger partial charge is 0.322 e. The summed E-state index contributed by atoms with van der Waals surface area (Å²) in [5, 5.41) is 5.49. The molecule has 2 aliphatic heterocycles. The summed E-state index contributed by atoms with van der Waals surface area (Å²) in [5.41, 5.74) is 0.0751. The van der Waals surface area contributed by atoms with Gasteiger partial charge in [0.05, 0.1) is 7.11 Å². The lowest BCUT2D eigenvalue weighted by molar-refractivity contribution is -0.137. The zero-order chi connectivity index (χ0) is 20.5. The van der Waals surface area contributed by atoms with Crippen molar-refractivity contribution in [1.82, 2.24) is 15.5 Å². The van der Waals surface area contributed by atoms with Crippen molar-refractivity contribution in [2.75, 3.05) is 20.2 Å². The molecular formula is C20H26ClN3O4. The van der Waals surface area contributed by atoms with Crippen molar-refractivity contribution in [3.8, 4) is 5.75 Å². The van der Waals surface area contributed by atoms with Gasteiger partial charge in [0.15, 0.2) is 0 Å². The van der Waals surface area contributed by atoms with Crippen molar-refractivity contribution in [3.05, 3.63) is 28.8 Å². The van der Waals surface area contributed by atoms with Gasteiger partial charge in [0.25, 0.3) is 5.91 Å². The van der Waals surface area contributed by atoms with E-state index in [9.17, 15) is 14.4 Å². The van der Waals surface area contributed by atoms with Crippen molar-refractivity contribution in [3.63, 3.8) is 0 Å². The summed E-state index contributed by atoms with van der Waals surface area (Å²) in [4.78, 5) is 38.1. The summed E-state index contributed by atoms with van der Waals surface area (Å²) < 4.78 is 5.46. The summed E-state index contributed by atoms with van der Waals surface area (Å²) in [5.74, 6) is 0.351. The Balaban J connectivity index is 1.59. The molecule has 0 aliphatic carbocycles. The molecule has 0 saturated carbocycles. The lowest BCUT2D eigenvalue weighted by atomic mass is 9.86. The standard InChI is InChI=1S/C20H26ClN3O4/c1-12(11-20(2)18(26)22-19(27)23-20)17(25)24-8-6-13(7-9-24)15-5-4-14(21)10-16(15)28-3/h4-5,10,12-13H,6-9,11H2,1-3H3,(H2,22,23,26,27)/t12-,20+/m0/s1. The van der Waals surface area contributed by atoms with Crippen molar-refractivity contribution < 1.29 is 19.1 Å². The van der Waals surface area contributed by atoms with Crippen LogP contribution in [0.5, 0.6) is 5.75 Å². The van der Waals surface area contributed by atoms with Crippen molar-refractivity contribution in [1.29, 1.82) is 0 Å². The number of nitrogens with one attached hydrogen (secondary N) is 2. The highest BCUT2D eigenvalue weighted by Crippen LogP contribution is 2.36. The number of benzene rings is 1. The number of nitrogens with zero attached hydrogens (tertiary/aromatic N) is 1. The van der Waals surface area contributed by atoms with Crippen LogP contribution in [0.3, 0.4) is 0 Å². The molecule has 0 spiro atoms. The average Bonchev–Trinajstić information content (AvgIpc) is 2.92. The predicted octanol–water partition coefficient (Wildman–Crippen LogP) is 2.68. The van der Waals surface area contributed by atoms with Crippen molar-refractivity contribution >= 4 is 29.4 Å². The van der Waals surface area contributed by atoms with E-state index >= 15 is 0 Å². The first-order valence-electron chi connectivity index (χ1n) is 9.49. The number of likely N-dealkylation sites (tertiary alicyclic amines) is 1. The molecule has 152 valence electrons. The van der Waals surface area contributed by atoms with Crippen LogP contribution in [0.4, 0.5) is 4.79 Å². The molecule has 0 aromatic heterocycles. The van der Waals surface area contributed by atoms with E-state index < -0.39 is 11.6 Å². The maximum absolute atomic E-state index is 12.9. The number of imide groups is 1. The molecule has 0 bridgehead atoms. The summed E-state index contributed by atoms with van der Waals surface area (Å²) in [6.45, 7) is 4.75. The molecule has 1 aromatic carbocycles. The molecule has 28 heavy (non-hydrogen) atoms. The van der Waals surface area contributed by atoms with Crippen LogP contribution in [0.1, 0.15) is 44.6 Å². The van der Waals surface area contributed by atoms with Crippen LogP contribution in [0, 0.1) is 5.92 Å². The fourth-order valence-electron chi connectivity index (χ4n) is 4.17. The minimum Gasteiger partial charge on any atom is -0.496 e. The van der Waals surface area contributed by atoms with Crippen molar-refractivity contribution in [2.24, 2.45) is 5.92 Å². The first kappa shape index (κ1) is 20.5. The molecule has 7 nitrogen and oxygen atoms in total. The molecule has 2 N–H and O–H groups in total. The van der Waals surface area contributed by atoms with Crippen LogP contribution in [-0.2, 0) is 9.59 Å². The molecule has 0 unspecified atom stereocenters. The van der Waals surface area contributed by atoms with Gasteiger partial charge in [-0.2, -0.15) is 0 Å². The number of hydrogen-bond donors (Lipinski definition) is 2. The number of urea groups is 1. The number of ether oxygens (including phenoxy) is 1. The van der Waals surface area contributed by atoms with Crippen molar-refractivity contribution in [2.45, 2.75) is 44.6 Å². The molecule has 2 heterocycles. The Hall–Kier alpha value is -2.28. The Bertz CT molecular complexity index is 792. The molecule has 3 rings (SSSR count). The maximum Gasteiger partial charge on any atom is 0.322 e. The fraction of sp³-hybridized carbons (Fsp3) is 0.550. The second-order valence-corrected chi connectivity index (χ2v) is 8.27. The fourth-order valence-corrected chi connectivity index (χ4v) is 4.33. The van der Waals surface area contributed by atoms with Gasteiger partial charge in [0.1, 0.15) is 11.3 Å². The van der Waals surface area contributed by atoms with Gasteiger partial charge >= 0.3 is 6.03 Å². The normalized spacial score (nSPS) is 23.9. The number of hydrogen-bond acceptors (Lipinski definition) is 4. The predicted molar refractivity (Wildman–Crippen MR) is 105 cm³/mol. The van der Waals surface area contributed by atoms with E-state index in [0.29, 0.717) is 24.0 Å². The van der Waals surface area contributed by atoms with E-state index in [1.807, 2.05) is 23.1 Å². The highest BCUT2D eigenvalue weighted by atomic mass is 35.5. The Morgan fingerprint density at radius 2 is 2.04 bits per heavy atom. The van der Waals surface area contributed by atoms with Crippen LogP contribution in [0.15, 0.2) is 18.2 Å². The number of piperidine rings is 1. The number of rotatable bonds is 5. The number of halogens is 1. The lowest BCUT2D eigenvalue weighted by Gasteiger charge is -2.35. The molecule has 4 amide bonds. The van der Waals surface area contributed by atoms with E-state index in [0.717, 1.165) is 24.2 Å².